The second kappa shape index (κ2) is 8.07. The fourth-order valence-electron chi connectivity index (χ4n) is 1.76. The summed E-state index contributed by atoms with van der Waals surface area (Å²) >= 11 is 1.55. The quantitative estimate of drug-likeness (QED) is 0.838. The largest absolute Gasteiger partial charge is 0.395 e. The molecule has 0 saturated heterocycles. The third-order valence-electron chi connectivity index (χ3n) is 3.00. The topological polar surface area (TPSA) is 52.6 Å². The molecule has 0 radical (unpaired) electrons. The van der Waals surface area contributed by atoms with E-state index in [9.17, 15) is 9.90 Å². The highest BCUT2D eigenvalue weighted by Gasteiger charge is 2.19. The van der Waals surface area contributed by atoms with Crippen molar-refractivity contribution in [3.63, 3.8) is 0 Å². The van der Waals surface area contributed by atoms with E-state index in [-0.39, 0.29) is 23.9 Å². The molecule has 1 aromatic carbocycles. The highest BCUT2D eigenvalue weighted by Crippen LogP contribution is 2.11. The van der Waals surface area contributed by atoms with Crippen molar-refractivity contribution in [1.29, 1.82) is 0 Å². The zero-order valence-electron chi connectivity index (χ0n) is 11.7. The molecule has 0 bridgehead atoms. The second-order valence-electron chi connectivity index (χ2n) is 4.54. The second-order valence-corrected chi connectivity index (χ2v) is 5.61. The lowest BCUT2D eigenvalue weighted by Gasteiger charge is -2.25. The summed E-state index contributed by atoms with van der Waals surface area (Å²) in [4.78, 5) is 13.7. The Labute approximate surface area is 119 Å². The van der Waals surface area contributed by atoms with Crippen molar-refractivity contribution in [1.82, 2.24) is 10.2 Å². The molecule has 19 heavy (non-hydrogen) atoms. The first kappa shape index (κ1) is 15.9. The first-order chi connectivity index (χ1) is 9.08. The highest BCUT2D eigenvalue weighted by atomic mass is 32.2. The van der Waals surface area contributed by atoms with Crippen molar-refractivity contribution in [2.24, 2.45) is 0 Å². The molecule has 106 valence electrons. The van der Waals surface area contributed by atoms with E-state index in [1.165, 1.54) is 0 Å². The fraction of sp³-hybridized carbons (Fsp3) is 0.500. The normalized spacial score (nSPS) is 13.7. The summed E-state index contributed by atoms with van der Waals surface area (Å²) in [5, 5.41) is 12.1. The van der Waals surface area contributed by atoms with Gasteiger partial charge in [0.15, 0.2) is 0 Å². The van der Waals surface area contributed by atoms with Crippen molar-refractivity contribution in [3.05, 3.63) is 35.9 Å². The van der Waals surface area contributed by atoms with Crippen LogP contribution in [0, 0.1) is 0 Å². The van der Waals surface area contributed by atoms with Crippen LogP contribution in [0.15, 0.2) is 30.3 Å². The van der Waals surface area contributed by atoms with Crippen LogP contribution in [-0.4, -0.2) is 47.2 Å². The number of nitrogens with zero attached hydrogens (tertiary/aromatic N) is 1. The smallest absolute Gasteiger partial charge is 0.317 e. The van der Waals surface area contributed by atoms with E-state index in [0.717, 1.165) is 5.56 Å². The van der Waals surface area contributed by atoms with Gasteiger partial charge < -0.3 is 15.3 Å². The molecule has 0 spiro atoms. The predicted octanol–water partition coefficient (Wildman–Crippen LogP) is 1.94. The number of hydrogen-bond acceptors (Lipinski definition) is 3. The maximum absolute atomic E-state index is 12.0. The van der Waals surface area contributed by atoms with Gasteiger partial charge in [0.2, 0.25) is 0 Å². The Hall–Kier alpha value is -1.20. The van der Waals surface area contributed by atoms with Gasteiger partial charge in [-0.3, -0.25) is 0 Å². The maximum atomic E-state index is 12.0. The molecule has 0 fully saturated rings. The minimum Gasteiger partial charge on any atom is -0.395 e. The number of nitrogens with one attached hydrogen (secondary N) is 1. The SMILES string of the molecule is CSC(CO)C(C)NC(=O)N(C)Cc1ccccc1. The van der Waals surface area contributed by atoms with Gasteiger partial charge in [0.05, 0.1) is 6.61 Å². The van der Waals surface area contributed by atoms with Gasteiger partial charge in [-0.25, -0.2) is 4.79 Å². The van der Waals surface area contributed by atoms with E-state index in [1.54, 1.807) is 23.7 Å². The van der Waals surface area contributed by atoms with E-state index >= 15 is 0 Å². The average Bonchev–Trinajstić information content (AvgIpc) is 2.41. The minimum atomic E-state index is -0.121. The summed E-state index contributed by atoms with van der Waals surface area (Å²) < 4.78 is 0. The molecular weight excluding hydrogens is 260 g/mol. The first-order valence-electron chi connectivity index (χ1n) is 6.27. The number of urea groups is 1. The Morgan fingerprint density at radius 3 is 2.58 bits per heavy atom. The molecule has 0 saturated carbocycles. The van der Waals surface area contributed by atoms with Crippen LogP contribution in [0.3, 0.4) is 0 Å². The van der Waals surface area contributed by atoms with Crippen molar-refractivity contribution >= 4 is 17.8 Å². The molecule has 0 heterocycles. The number of amides is 2. The molecule has 2 atom stereocenters. The molecule has 0 aliphatic carbocycles. The van der Waals surface area contributed by atoms with Crippen LogP contribution in [-0.2, 0) is 6.54 Å². The van der Waals surface area contributed by atoms with E-state index in [0.29, 0.717) is 6.54 Å². The van der Waals surface area contributed by atoms with Gasteiger partial charge in [0.1, 0.15) is 0 Å². The van der Waals surface area contributed by atoms with Gasteiger partial charge in [-0.05, 0) is 18.7 Å². The molecule has 5 heteroatoms. The summed E-state index contributed by atoms with van der Waals surface area (Å²) in [6.45, 7) is 2.54. The molecule has 0 aromatic heterocycles. The van der Waals surface area contributed by atoms with Gasteiger partial charge in [-0.15, -0.1) is 0 Å². The standard InChI is InChI=1S/C14H22N2O2S/c1-11(13(10-17)19-3)15-14(18)16(2)9-12-7-5-4-6-8-12/h4-8,11,13,17H,9-10H2,1-3H3,(H,15,18). The average molecular weight is 282 g/mol. The zero-order chi connectivity index (χ0) is 14.3. The Morgan fingerprint density at radius 1 is 1.42 bits per heavy atom. The Balaban J connectivity index is 2.49. The molecule has 1 rings (SSSR count). The Bertz CT molecular complexity index is 382. The lowest BCUT2D eigenvalue weighted by molar-refractivity contribution is 0.200. The van der Waals surface area contributed by atoms with E-state index in [2.05, 4.69) is 5.32 Å². The van der Waals surface area contributed by atoms with Crippen LogP contribution < -0.4 is 5.32 Å². The monoisotopic (exact) mass is 282 g/mol. The predicted molar refractivity (Wildman–Crippen MR) is 80.3 cm³/mol. The zero-order valence-corrected chi connectivity index (χ0v) is 12.5. The fourth-order valence-corrected chi connectivity index (χ4v) is 2.39. The summed E-state index contributed by atoms with van der Waals surface area (Å²) in [6.07, 6.45) is 1.93. The number of hydrogen-bond donors (Lipinski definition) is 2. The molecule has 2 amide bonds. The van der Waals surface area contributed by atoms with Crippen LogP contribution in [0.5, 0.6) is 0 Å². The number of rotatable bonds is 6. The number of aliphatic hydroxyl groups excluding tert-OH is 1. The Morgan fingerprint density at radius 2 is 2.05 bits per heavy atom. The van der Waals surface area contributed by atoms with E-state index in [4.69, 9.17) is 0 Å². The number of benzene rings is 1. The highest BCUT2D eigenvalue weighted by molar-refractivity contribution is 7.99. The van der Waals surface area contributed by atoms with Crippen molar-refractivity contribution in [2.45, 2.75) is 24.8 Å². The summed E-state index contributed by atoms with van der Waals surface area (Å²) in [7, 11) is 1.77. The van der Waals surface area contributed by atoms with Crippen LogP contribution in [0.4, 0.5) is 4.79 Å². The Kier molecular flexibility index (Phi) is 6.73. The van der Waals surface area contributed by atoms with Gasteiger partial charge in [-0.2, -0.15) is 11.8 Å². The minimum absolute atomic E-state index is 0.0223. The third-order valence-corrected chi connectivity index (χ3v) is 4.16. The van der Waals surface area contributed by atoms with Gasteiger partial charge in [0.25, 0.3) is 0 Å². The molecule has 4 nitrogen and oxygen atoms in total. The molecule has 0 aliphatic heterocycles. The molecule has 2 unspecified atom stereocenters. The third kappa shape index (κ3) is 5.12. The van der Waals surface area contributed by atoms with Gasteiger partial charge >= 0.3 is 6.03 Å². The lowest BCUT2D eigenvalue weighted by atomic mass is 10.2. The molecule has 0 aliphatic rings. The van der Waals surface area contributed by atoms with E-state index in [1.807, 2.05) is 43.5 Å². The summed E-state index contributed by atoms with van der Waals surface area (Å²) in [6, 6.07) is 9.67. The number of aliphatic hydroxyl groups is 1. The van der Waals surface area contributed by atoms with Crippen molar-refractivity contribution < 1.29 is 9.90 Å². The molecule has 1 aromatic rings. The van der Waals surface area contributed by atoms with Crippen LogP contribution in [0.25, 0.3) is 0 Å². The van der Waals surface area contributed by atoms with Crippen LogP contribution in [0.2, 0.25) is 0 Å². The first-order valence-corrected chi connectivity index (χ1v) is 7.56. The molecular formula is C14H22N2O2S. The van der Waals surface area contributed by atoms with Gasteiger partial charge in [-0.1, -0.05) is 30.3 Å². The number of carbonyl (C=O) groups is 1. The van der Waals surface area contributed by atoms with Crippen molar-refractivity contribution in [3.8, 4) is 0 Å². The van der Waals surface area contributed by atoms with Crippen LogP contribution >= 0.6 is 11.8 Å². The summed E-state index contributed by atoms with van der Waals surface area (Å²) in [5.41, 5.74) is 1.09. The maximum Gasteiger partial charge on any atom is 0.317 e. The van der Waals surface area contributed by atoms with Crippen LogP contribution in [0.1, 0.15) is 12.5 Å². The number of thioether (sulfide) groups is 1. The van der Waals surface area contributed by atoms with E-state index < -0.39 is 0 Å². The number of carbonyl (C=O) groups excluding carboxylic acids is 1. The van der Waals surface area contributed by atoms with Crippen molar-refractivity contribution in [2.75, 3.05) is 19.9 Å². The van der Waals surface area contributed by atoms with Gasteiger partial charge in [0, 0.05) is 24.9 Å². The lowest BCUT2D eigenvalue weighted by Crippen LogP contribution is -2.46. The summed E-state index contributed by atoms with van der Waals surface area (Å²) in [5.74, 6) is 0. The molecule has 2 N–H and O–H groups in total.